The van der Waals surface area contributed by atoms with Crippen LogP contribution in [0.2, 0.25) is 0 Å². The molecule has 1 aliphatic heterocycles. The number of aromatic nitrogens is 1. The third-order valence-corrected chi connectivity index (χ3v) is 3.30. The van der Waals surface area contributed by atoms with Crippen LogP contribution in [0.25, 0.3) is 0 Å². The number of rotatable bonds is 4. The summed E-state index contributed by atoms with van der Waals surface area (Å²) in [5.41, 5.74) is 1.27. The van der Waals surface area contributed by atoms with Crippen molar-refractivity contribution in [2.24, 2.45) is 5.92 Å². The van der Waals surface area contributed by atoms with E-state index in [1.54, 1.807) is 0 Å². The van der Waals surface area contributed by atoms with Crippen LogP contribution in [0.15, 0.2) is 24.5 Å². The lowest BCUT2D eigenvalue weighted by atomic mass is 9.99. The Morgan fingerprint density at radius 2 is 2.56 bits per heavy atom. The van der Waals surface area contributed by atoms with Crippen LogP contribution in [-0.2, 0) is 0 Å². The smallest absolute Gasteiger partial charge is 0.0315 e. The number of piperidine rings is 1. The Hall–Kier alpha value is -0.930. The number of nitrogens with zero attached hydrogens (tertiary/aromatic N) is 1. The van der Waals surface area contributed by atoms with Crippen molar-refractivity contribution in [3.05, 3.63) is 30.1 Å². The molecule has 0 spiro atoms. The van der Waals surface area contributed by atoms with Crippen molar-refractivity contribution in [1.82, 2.24) is 15.6 Å². The van der Waals surface area contributed by atoms with E-state index in [1.165, 1.54) is 24.9 Å². The van der Waals surface area contributed by atoms with E-state index in [4.69, 9.17) is 0 Å². The summed E-state index contributed by atoms with van der Waals surface area (Å²) in [4.78, 5) is 4.15. The molecular weight excluding hydrogens is 198 g/mol. The molecule has 2 atom stereocenters. The van der Waals surface area contributed by atoms with Gasteiger partial charge in [0.05, 0.1) is 0 Å². The summed E-state index contributed by atoms with van der Waals surface area (Å²) in [5, 5.41) is 7.03. The minimum Gasteiger partial charge on any atom is -0.316 e. The molecule has 3 nitrogen and oxygen atoms in total. The molecule has 3 heteroatoms. The van der Waals surface area contributed by atoms with E-state index in [1.807, 2.05) is 18.5 Å². The maximum Gasteiger partial charge on any atom is 0.0315 e. The molecule has 1 aromatic heterocycles. The van der Waals surface area contributed by atoms with Crippen molar-refractivity contribution in [3.63, 3.8) is 0 Å². The van der Waals surface area contributed by atoms with E-state index >= 15 is 0 Å². The molecule has 2 rings (SSSR count). The van der Waals surface area contributed by atoms with Crippen LogP contribution in [0.3, 0.4) is 0 Å². The SMILES string of the molecule is C[C@@H](NCC1CCCNC1)c1cccnc1. The zero-order chi connectivity index (χ0) is 11.2. The minimum atomic E-state index is 0.399. The maximum atomic E-state index is 4.15. The van der Waals surface area contributed by atoms with Crippen LogP contribution in [0, 0.1) is 5.92 Å². The summed E-state index contributed by atoms with van der Waals surface area (Å²) < 4.78 is 0. The Morgan fingerprint density at radius 3 is 3.25 bits per heavy atom. The van der Waals surface area contributed by atoms with Gasteiger partial charge in [0.1, 0.15) is 0 Å². The highest BCUT2D eigenvalue weighted by Gasteiger charge is 2.14. The minimum absolute atomic E-state index is 0.399. The predicted molar refractivity (Wildman–Crippen MR) is 66.2 cm³/mol. The normalized spacial score (nSPS) is 22.9. The highest BCUT2D eigenvalue weighted by Crippen LogP contribution is 2.13. The molecule has 2 heterocycles. The Labute approximate surface area is 97.7 Å². The van der Waals surface area contributed by atoms with Gasteiger partial charge in [0.2, 0.25) is 0 Å². The van der Waals surface area contributed by atoms with Gasteiger partial charge in [-0.3, -0.25) is 4.98 Å². The third-order valence-electron chi connectivity index (χ3n) is 3.30. The van der Waals surface area contributed by atoms with E-state index in [2.05, 4.69) is 28.6 Å². The van der Waals surface area contributed by atoms with Gasteiger partial charge in [0.15, 0.2) is 0 Å². The van der Waals surface area contributed by atoms with Gasteiger partial charge in [-0.2, -0.15) is 0 Å². The molecule has 1 unspecified atom stereocenters. The first-order valence-corrected chi connectivity index (χ1v) is 6.20. The van der Waals surface area contributed by atoms with Crippen molar-refractivity contribution < 1.29 is 0 Å². The molecule has 0 aromatic carbocycles. The van der Waals surface area contributed by atoms with E-state index in [0.29, 0.717) is 6.04 Å². The molecule has 2 N–H and O–H groups in total. The lowest BCUT2D eigenvalue weighted by Gasteiger charge is -2.25. The molecule has 88 valence electrons. The van der Waals surface area contributed by atoms with Crippen molar-refractivity contribution in [2.75, 3.05) is 19.6 Å². The van der Waals surface area contributed by atoms with E-state index < -0.39 is 0 Å². The molecule has 0 radical (unpaired) electrons. The van der Waals surface area contributed by atoms with Crippen molar-refractivity contribution in [3.8, 4) is 0 Å². The van der Waals surface area contributed by atoms with Gasteiger partial charge >= 0.3 is 0 Å². The molecule has 16 heavy (non-hydrogen) atoms. The largest absolute Gasteiger partial charge is 0.316 e. The zero-order valence-corrected chi connectivity index (χ0v) is 9.95. The molecule has 1 fully saturated rings. The highest BCUT2D eigenvalue weighted by atomic mass is 14.9. The Morgan fingerprint density at radius 1 is 1.62 bits per heavy atom. The predicted octanol–water partition coefficient (Wildman–Crippen LogP) is 1.73. The first kappa shape index (κ1) is 11.6. The maximum absolute atomic E-state index is 4.15. The van der Waals surface area contributed by atoms with Gasteiger partial charge in [0.25, 0.3) is 0 Å². The van der Waals surface area contributed by atoms with Gasteiger partial charge in [-0.25, -0.2) is 0 Å². The fraction of sp³-hybridized carbons (Fsp3) is 0.615. The summed E-state index contributed by atoms with van der Waals surface area (Å²) in [6.07, 6.45) is 6.42. The van der Waals surface area contributed by atoms with Crippen LogP contribution in [0.4, 0.5) is 0 Å². The molecule has 0 saturated carbocycles. The molecule has 1 aliphatic rings. The van der Waals surface area contributed by atoms with E-state index in [-0.39, 0.29) is 0 Å². The zero-order valence-electron chi connectivity index (χ0n) is 9.95. The standard InChI is InChI=1S/C13H21N3/c1-11(13-5-3-7-15-10-13)16-9-12-4-2-6-14-8-12/h3,5,7,10-12,14,16H,2,4,6,8-9H2,1H3/t11-,12?/m1/s1. The van der Waals surface area contributed by atoms with Crippen LogP contribution in [0.1, 0.15) is 31.4 Å². The molecule has 1 aromatic rings. The molecule has 0 aliphatic carbocycles. The average molecular weight is 219 g/mol. The van der Waals surface area contributed by atoms with E-state index in [0.717, 1.165) is 19.0 Å². The average Bonchev–Trinajstić information content (AvgIpc) is 2.38. The first-order valence-electron chi connectivity index (χ1n) is 6.20. The summed E-state index contributed by atoms with van der Waals surface area (Å²) >= 11 is 0. The molecular formula is C13H21N3. The molecule has 1 saturated heterocycles. The number of nitrogens with one attached hydrogen (secondary N) is 2. The lowest BCUT2D eigenvalue weighted by Crippen LogP contribution is -2.36. The fourth-order valence-corrected chi connectivity index (χ4v) is 2.19. The van der Waals surface area contributed by atoms with Gasteiger partial charge in [-0.05, 0) is 56.9 Å². The fourth-order valence-electron chi connectivity index (χ4n) is 2.19. The van der Waals surface area contributed by atoms with E-state index in [9.17, 15) is 0 Å². The number of hydrogen-bond acceptors (Lipinski definition) is 3. The van der Waals surface area contributed by atoms with Crippen molar-refractivity contribution in [1.29, 1.82) is 0 Å². The van der Waals surface area contributed by atoms with Gasteiger partial charge in [0, 0.05) is 18.4 Å². The van der Waals surface area contributed by atoms with Crippen LogP contribution in [-0.4, -0.2) is 24.6 Å². The first-order chi connectivity index (χ1) is 7.86. The molecule has 0 bridgehead atoms. The Bertz CT molecular complexity index is 293. The second-order valence-electron chi connectivity index (χ2n) is 4.63. The lowest BCUT2D eigenvalue weighted by molar-refractivity contribution is 0.348. The quantitative estimate of drug-likeness (QED) is 0.810. The highest BCUT2D eigenvalue weighted by molar-refractivity contribution is 5.12. The number of hydrogen-bond donors (Lipinski definition) is 2. The van der Waals surface area contributed by atoms with Crippen molar-refractivity contribution >= 4 is 0 Å². The second kappa shape index (κ2) is 5.97. The Kier molecular flexibility index (Phi) is 4.31. The van der Waals surface area contributed by atoms with Crippen LogP contribution >= 0.6 is 0 Å². The summed E-state index contributed by atoms with van der Waals surface area (Å²) in [6.45, 7) is 5.65. The van der Waals surface area contributed by atoms with Crippen LogP contribution < -0.4 is 10.6 Å². The van der Waals surface area contributed by atoms with Crippen molar-refractivity contribution in [2.45, 2.75) is 25.8 Å². The monoisotopic (exact) mass is 219 g/mol. The van der Waals surface area contributed by atoms with Gasteiger partial charge < -0.3 is 10.6 Å². The number of pyridine rings is 1. The summed E-state index contributed by atoms with van der Waals surface area (Å²) in [7, 11) is 0. The summed E-state index contributed by atoms with van der Waals surface area (Å²) in [5.74, 6) is 0.785. The molecule has 0 amide bonds. The Balaban J connectivity index is 1.77. The van der Waals surface area contributed by atoms with Gasteiger partial charge in [-0.1, -0.05) is 6.07 Å². The van der Waals surface area contributed by atoms with Gasteiger partial charge in [-0.15, -0.1) is 0 Å². The van der Waals surface area contributed by atoms with Crippen LogP contribution in [0.5, 0.6) is 0 Å². The second-order valence-corrected chi connectivity index (χ2v) is 4.63. The topological polar surface area (TPSA) is 37.0 Å². The summed E-state index contributed by atoms with van der Waals surface area (Å²) in [6, 6.07) is 4.52. The third kappa shape index (κ3) is 3.29.